The van der Waals surface area contributed by atoms with Gasteiger partial charge in [0.05, 0.1) is 10.6 Å². The van der Waals surface area contributed by atoms with Crippen molar-refractivity contribution in [2.45, 2.75) is 25.7 Å². The number of benzene rings is 1. The third kappa shape index (κ3) is 2.46. The Bertz CT molecular complexity index is 768. The van der Waals surface area contributed by atoms with Crippen LogP contribution in [0.1, 0.15) is 16.8 Å². The van der Waals surface area contributed by atoms with E-state index in [2.05, 4.69) is 14.9 Å². The molecule has 0 atom stereocenters. The molecule has 1 heterocycles. The maximum atomic E-state index is 13.3. The van der Waals surface area contributed by atoms with Gasteiger partial charge in [0.1, 0.15) is 5.82 Å². The van der Waals surface area contributed by atoms with Gasteiger partial charge in [-0.25, -0.2) is 12.8 Å². The minimum Gasteiger partial charge on any atom is -0.396 e. The number of anilines is 2. The highest BCUT2D eigenvalue weighted by Crippen LogP contribution is 2.24. The summed E-state index contributed by atoms with van der Waals surface area (Å²) in [6, 6.07) is 2.19. The second-order valence-electron chi connectivity index (χ2n) is 4.57. The lowest BCUT2D eigenvalue weighted by Crippen LogP contribution is -2.16. The van der Waals surface area contributed by atoms with Crippen LogP contribution in [0.4, 0.5) is 15.9 Å². The number of rotatable bonds is 3. The van der Waals surface area contributed by atoms with E-state index in [0.717, 1.165) is 17.8 Å². The van der Waals surface area contributed by atoms with E-state index in [9.17, 15) is 12.8 Å². The lowest BCUT2D eigenvalue weighted by Gasteiger charge is -2.10. The second kappa shape index (κ2) is 4.78. The number of halogens is 1. The molecule has 0 aliphatic rings. The molecule has 0 saturated heterocycles. The molecule has 0 spiro atoms. The number of nitrogens with one attached hydrogen (secondary N) is 2. The molecule has 0 fully saturated rings. The van der Waals surface area contributed by atoms with Crippen molar-refractivity contribution in [3.05, 3.63) is 34.8 Å². The quantitative estimate of drug-likeness (QED) is 0.753. The minimum atomic E-state index is -3.87. The summed E-state index contributed by atoms with van der Waals surface area (Å²) in [7, 11) is -3.87. The molecule has 0 unspecified atom stereocenters. The van der Waals surface area contributed by atoms with Crippen molar-refractivity contribution < 1.29 is 12.8 Å². The highest BCUT2D eigenvalue weighted by Gasteiger charge is 2.21. The molecular formula is C12H15FN4O2S. The first kappa shape index (κ1) is 14.3. The first-order valence-electron chi connectivity index (χ1n) is 5.82. The molecule has 0 saturated carbocycles. The third-order valence-corrected chi connectivity index (χ3v) is 4.55. The number of sulfonamides is 1. The number of nitrogens with zero attached hydrogens (tertiary/aromatic N) is 1. The fraction of sp³-hybridized carbons (Fsp3) is 0.250. The standard InChI is InChI=1S/C12H15FN4O2S/c1-6-4-9(13)10(14)5-11(6)20(18,19)17-12-7(2)8(3)15-16-12/h4-5H,14H2,1-3H3,(H2,15,16,17). The molecule has 6 nitrogen and oxygen atoms in total. The van der Waals surface area contributed by atoms with E-state index in [0.29, 0.717) is 5.56 Å². The zero-order valence-electron chi connectivity index (χ0n) is 11.3. The van der Waals surface area contributed by atoms with E-state index >= 15 is 0 Å². The van der Waals surface area contributed by atoms with E-state index in [-0.39, 0.29) is 22.0 Å². The Balaban J connectivity index is 2.46. The topological polar surface area (TPSA) is 101 Å². The van der Waals surface area contributed by atoms with Gasteiger partial charge in [-0.3, -0.25) is 9.82 Å². The van der Waals surface area contributed by atoms with Crippen molar-refractivity contribution in [3.8, 4) is 0 Å². The maximum Gasteiger partial charge on any atom is 0.263 e. The van der Waals surface area contributed by atoms with Crippen molar-refractivity contribution in [2.75, 3.05) is 10.5 Å². The number of H-pyrrole nitrogens is 1. The predicted octanol–water partition coefficient (Wildman–Crippen LogP) is 1.86. The molecule has 0 amide bonds. The molecular weight excluding hydrogens is 283 g/mol. The number of nitrogen functional groups attached to an aromatic ring is 1. The summed E-state index contributed by atoms with van der Waals surface area (Å²) < 4.78 is 40.3. The SMILES string of the molecule is Cc1cc(F)c(N)cc1S(=O)(=O)Nc1n[nH]c(C)c1C. The first-order valence-corrected chi connectivity index (χ1v) is 7.30. The molecule has 0 bridgehead atoms. The van der Waals surface area contributed by atoms with Crippen LogP contribution in [0, 0.1) is 26.6 Å². The Hall–Kier alpha value is -2.09. The molecule has 2 rings (SSSR count). The zero-order valence-corrected chi connectivity index (χ0v) is 12.1. The van der Waals surface area contributed by atoms with Crippen LogP contribution in [-0.4, -0.2) is 18.6 Å². The molecule has 108 valence electrons. The van der Waals surface area contributed by atoms with Crippen molar-refractivity contribution in [1.82, 2.24) is 10.2 Å². The van der Waals surface area contributed by atoms with E-state index in [4.69, 9.17) is 5.73 Å². The van der Waals surface area contributed by atoms with Gasteiger partial charge in [-0.1, -0.05) is 0 Å². The van der Waals surface area contributed by atoms with Crippen LogP contribution in [0.15, 0.2) is 17.0 Å². The predicted molar refractivity (Wildman–Crippen MR) is 74.4 cm³/mol. The van der Waals surface area contributed by atoms with Gasteiger partial charge in [0.25, 0.3) is 10.0 Å². The van der Waals surface area contributed by atoms with Crippen LogP contribution in [-0.2, 0) is 10.0 Å². The summed E-state index contributed by atoms with van der Waals surface area (Å²) in [5.74, 6) is -0.432. The van der Waals surface area contributed by atoms with Gasteiger partial charge in [-0.2, -0.15) is 5.10 Å². The molecule has 0 radical (unpaired) electrons. The normalized spacial score (nSPS) is 11.6. The van der Waals surface area contributed by atoms with E-state index in [1.54, 1.807) is 13.8 Å². The third-order valence-electron chi connectivity index (χ3n) is 3.07. The van der Waals surface area contributed by atoms with E-state index < -0.39 is 15.8 Å². The van der Waals surface area contributed by atoms with Crippen molar-refractivity contribution in [3.63, 3.8) is 0 Å². The Morgan fingerprint density at radius 2 is 1.95 bits per heavy atom. The lowest BCUT2D eigenvalue weighted by molar-refractivity contribution is 0.599. The van der Waals surface area contributed by atoms with Gasteiger partial charge in [0.2, 0.25) is 0 Å². The smallest absolute Gasteiger partial charge is 0.263 e. The van der Waals surface area contributed by atoms with E-state index in [1.807, 2.05) is 0 Å². The molecule has 8 heteroatoms. The van der Waals surface area contributed by atoms with Crippen molar-refractivity contribution in [1.29, 1.82) is 0 Å². The summed E-state index contributed by atoms with van der Waals surface area (Å²) >= 11 is 0. The van der Waals surface area contributed by atoms with E-state index in [1.165, 1.54) is 6.92 Å². The maximum absolute atomic E-state index is 13.3. The van der Waals surface area contributed by atoms with Crippen LogP contribution < -0.4 is 10.5 Å². The largest absolute Gasteiger partial charge is 0.396 e. The van der Waals surface area contributed by atoms with Crippen LogP contribution in [0.25, 0.3) is 0 Å². The summed E-state index contributed by atoms with van der Waals surface area (Å²) in [5.41, 5.74) is 6.94. The fourth-order valence-electron chi connectivity index (χ4n) is 1.72. The molecule has 2 aromatic rings. The number of nitrogens with two attached hydrogens (primary N) is 1. The summed E-state index contributed by atoms with van der Waals surface area (Å²) in [6.45, 7) is 5.02. The van der Waals surface area contributed by atoms with Gasteiger partial charge in [0, 0.05) is 11.3 Å². The van der Waals surface area contributed by atoms with Crippen LogP contribution in [0.5, 0.6) is 0 Å². The van der Waals surface area contributed by atoms with Gasteiger partial charge in [0.15, 0.2) is 5.82 Å². The number of aryl methyl sites for hydroxylation is 2. The van der Waals surface area contributed by atoms with Crippen LogP contribution in [0.3, 0.4) is 0 Å². The molecule has 20 heavy (non-hydrogen) atoms. The molecule has 1 aromatic heterocycles. The molecule has 0 aliphatic carbocycles. The lowest BCUT2D eigenvalue weighted by atomic mass is 10.2. The number of aromatic nitrogens is 2. The van der Waals surface area contributed by atoms with Gasteiger partial charge in [-0.05, 0) is 38.5 Å². The molecule has 1 aromatic carbocycles. The highest BCUT2D eigenvalue weighted by atomic mass is 32.2. The second-order valence-corrected chi connectivity index (χ2v) is 6.22. The fourth-order valence-corrected chi connectivity index (χ4v) is 3.05. The first-order chi connectivity index (χ1) is 9.22. The van der Waals surface area contributed by atoms with Crippen molar-refractivity contribution >= 4 is 21.5 Å². The van der Waals surface area contributed by atoms with Crippen LogP contribution >= 0.6 is 0 Å². The molecule has 0 aliphatic heterocycles. The molecule has 4 N–H and O–H groups in total. The summed E-state index contributed by atoms with van der Waals surface area (Å²) in [4.78, 5) is -0.0727. The number of hydrogen-bond acceptors (Lipinski definition) is 4. The zero-order chi connectivity index (χ0) is 15.1. The van der Waals surface area contributed by atoms with Gasteiger partial charge in [-0.15, -0.1) is 0 Å². The average molecular weight is 298 g/mol. The summed E-state index contributed by atoms with van der Waals surface area (Å²) in [5, 5.41) is 6.56. The Labute approximate surface area is 116 Å². The monoisotopic (exact) mass is 298 g/mol. The minimum absolute atomic E-state index is 0.0727. The average Bonchev–Trinajstić information content (AvgIpc) is 2.65. The number of hydrogen-bond donors (Lipinski definition) is 3. The van der Waals surface area contributed by atoms with Crippen molar-refractivity contribution in [2.24, 2.45) is 0 Å². The Kier molecular flexibility index (Phi) is 3.43. The van der Waals surface area contributed by atoms with Gasteiger partial charge >= 0.3 is 0 Å². The number of aromatic amines is 1. The highest BCUT2D eigenvalue weighted by molar-refractivity contribution is 7.92. The Morgan fingerprint density at radius 1 is 1.30 bits per heavy atom. The Morgan fingerprint density at radius 3 is 2.50 bits per heavy atom. The van der Waals surface area contributed by atoms with Crippen LogP contribution in [0.2, 0.25) is 0 Å². The summed E-state index contributed by atoms with van der Waals surface area (Å²) in [6.07, 6.45) is 0. The van der Waals surface area contributed by atoms with Gasteiger partial charge < -0.3 is 5.73 Å².